The molecule has 0 atom stereocenters. The van der Waals surface area contributed by atoms with E-state index in [-0.39, 0.29) is 0 Å². The molecule has 0 unspecified atom stereocenters. The molecule has 1 aliphatic heterocycles. The smallest absolute Gasteiger partial charge is 0.0817 e. The number of rotatable bonds is 3. The second-order valence-corrected chi connectivity index (χ2v) is 3.55. The summed E-state index contributed by atoms with van der Waals surface area (Å²) in [5.41, 5.74) is 0. The Balaban J connectivity index is 0.000000791. The third-order valence-corrected chi connectivity index (χ3v) is 2.38. The van der Waals surface area contributed by atoms with Crippen molar-refractivity contribution in [3.05, 3.63) is 0 Å². The first-order chi connectivity index (χ1) is 6.72. The fourth-order valence-electron chi connectivity index (χ4n) is 1.67. The van der Waals surface area contributed by atoms with Crippen LogP contribution in [0.5, 0.6) is 0 Å². The van der Waals surface area contributed by atoms with Gasteiger partial charge < -0.3 is 4.90 Å². The minimum absolute atomic E-state index is 0.719. The highest BCUT2D eigenvalue weighted by molar-refractivity contribution is 5.50. The van der Waals surface area contributed by atoms with Crippen LogP contribution in [0.3, 0.4) is 0 Å². The highest BCUT2D eigenvalue weighted by Crippen LogP contribution is 2.15. The van der Waals surface area contributed by atoms with E-state index < -0.39 is 0 Å². The predicted molar refractivity (Wildman–Crippen MR) is 61.2 cm³/mol. The maximum absolute atomic E-state index is 7.07. The Labute approximate surface area is 87.5 Å². The molecular formula is C10H24N4. The van der Waals surface area contributed by atoms with Gasteiger partial charge in [-0.05, 0) is 18.8 Å². The molecule has 0 saturated carbocycles. The Kier molecular flexibility index (Phi) is 7.42. The van der Waals surface area contributed by atoms with Crippen molar-refractivity contribution < 1.29 is 0 Å². The Bertz CT molecular complexity index is 139. The quantitative estimate of drug-likeness (QED) is 0.311. The summed E-state index contributed by atoms with van der Waals surface area (Å²) in [5.74, 6) is 6.28. The number of hydrazine groups is 1. The van der Waals surface area contributed by atoms with Crippen molar-refractivity contribution in [2.24, 2.45) is 11.8 Å². The van der Waals surface area contributed by atoms with Crippen LogP contribution in [0.25, 0.3) is 0 Å². The molecule has 4 nitrogen and oxygen atoms in total. The maximum atomic E-state index is 7.07. The van der Waals surface area contributed by atoms with Gasteiger partial charge in [-0.2, -0.15) is 0 Å². The van der Waals surface area contributed by atoms with Gasteiger partial charge in [-0.1, -0.05) is 13.8 Å². The van der Waals surface area contributed by atoms with Crippen molar-refractivity contribution >= 4 is 6.34 Å². The van der Waals surface area contributed by atoms with Gasteiger partial charge in [0.25, 0.3) is 0 Å². The predicted octanol–water partition coefficient (Wildman–Crippen LogP) is 1.14. The van der Waals surface area contributed by atoms with E-state index >= 15 is 0 Å². The van der Waals surface area contributed by atoms with Gasteiger partial charge in [0.15, 0.2) is 0 Å². The van der Waals surface area contributed by atoms with E-state index in [0.717, 1.165) is 38.4 Å². The topological polar surface area (TPSA) is 56.4 Å². The second-order valence-electron chi connectivity index (χ2n) is 3.55. The molecule has 1 rings (SSSR count). The summed E-state index contributed by atoms with van der Waals surface area (Å²) in [6.45, 7) is 7.01. The van der Waals surface area contributed by atoms with Crippen LogP contribution in [0.4, 0.5) is 0 Å². The van der Waals surface area contributed by atoms with Gasteiger partial charge in [0, 0.05) is 26.7 Å². The molecule has 0 spiro atoms. The number of nitrogens with zero attached hydrogens (tertiary/aromatic N) is 2. The molecule has 4 heteroatoms. The van der Waals surface area contributed by atoms with Gasteiger partial charge in [-0.25, -0.2) is 5.01 Å². The molecule has 0 aliphatic carbocycles. The van der Waals surface area contributed by atoms with E-state index in [2.05, 4.69) is 0 Å². The fraction of sp³-hybridized carbons (Fsp3) is 0.900. The Morgan fingerprint density at radius 2 is 1.93 bits per heavy atom. The highest BCUT2D eigenvalue weighted by Gasteiger charge is 2.17. The average Bonchev–Trinajstić information content (AvgIpc) is 2.21. The van der Waals surface area contributed by atoms with Crippen molar-refractivity contribution in [3.63, 3.8) is 0 Å². The van der Waals surface area contributed by atoms with Gasteiger partial charge in [0.05, 0.1) is 6.34 Å². The third kappa shape index (κ3) is 5.19. The molecule has 1 heterocycles. The zero-order valence-electron chi connectivity index (χ0n) is 9.66. The van der Waals surface area contributed by atoms with Crippen LogP contribution in [-0.2, 0) is 0 Å². The van der Waals surface area contributed by atoms with E-state index in [4.69, 9.17) is 11.3 Å². The van der Waals surface area contributed by atoms with Crippen LogP contribution < -0.4 is 5.84 Å². The first-order valence-corrected chi connectivity index (χ1v) is 5.43. The SMILES string of the molecule is CC.CN(N)CC1CCN(C=N)CC1. The molecule has 0 aromatic carbocycles. The van der Waals surface area contributed by atoms with Gasteiger partial charge in [0.1, 0.15) is 0 Å². The molecule has 14 heavy (non-hydrogen) atoms. The Morgan fingerprint density at radius 1 is 1.43 bits per heavy atom. The molecule has 0 aromatic heterocycles. The van der Waals surface area contributed by atoms with Crippen LogP contribution in [-0.4, -0.2) is 42.9 Å². The minimum Gasteiger partial charge on any atom is -0.363 e. The molecule has 0 amide bonds. The number of hydrogen-bond acceptors (Lipinski definition) is 3. The van der Waals surface area contributed by atoms with E-state index in [0.29, 0.717) is 0 Å². The summed E-state index contributed by atoms with van der Waals surface area (Å²) in [7, 11) is 1.91. The molecule has 0 bridgehead atoms. The molecule has 1 saturated heterocycles. The number of hydrogen-bond donors (Lipinski definition) is 2. The standard InChI is InChI=1S/C8H18N4.C2H6/c1-11(10)6-8-2-4-12(7-9)5-3-8;1-2/h7-9H,2-6,10H2,1H3;1-2H3. The molecule has 1 aliphatic rings. The molecule has 1 fully saturated rings. The number of nitrogens with two attached hydrogens (primary N) is 1. The van der Waals surface area contributed by atoms with Crippen LogP contribution in [0.2, 0.25) is 0 Å². The summed E-state index contributed by atoms with van der Waals surface area (Å²) in [6, 6.07) is 0. The van der Waals surface area contributed by atoms with Crippen molar-refractivity contribution in [2.75, 3.05) is 26.7 Å². The summed E-state index contributed by atoms with van der Waals surface area (Å²) < 4.78 is 0. The van der Waals surface area contributed by atoms with Crippen molar-refractivity contribution in [1.29, 1.82) is 5.41 Å². The van der Waals surface area contributed by atoms with Gasteiger partial charge in [0.2, 0.25) is 0 Å². The summed E-state index contributed by atoms with van der Waals surface area (Å²) in [6.07, 6.45) is 3.76. The maximum Gasteiger partial charge on any atom is 0.0817 e. The van der Waals surface area contributed by atoms with E-state index in [9.17, 15) is 0 Å². The lowest BCUT2D eigenvalue weighted by molar-refractivity contribution is 0.206. The molecule has 0 aromatic rings. The first-order valence-electron chi connectivity index (χ1n) is 5.43. The number of nitrogens with one attached hydrogen (secondary N) is 1. The fourth-order valence-corrected chi connectivity index (χ4v) is 1.67. The zero-order valence-corrected chi connectivity index (χ0v) is 9.66. The first kappa shape index (κ1) is 13.4. The zero-order chi connectivity index (χ0) is 11.0. The van der Waals surface area contributed by atoms with E-state index in [1.807, 2.05) is 25.8 Å². The van der Waals surface area contributed by atoms with Gasteiger partial charge in [-0.3, -0.25) is 11.3 Å². The van der Waals surface area contributed by atoms with Crippen LogP contribution in [0.1, 0.15) is 26.7 Å². The number of likely N-dealkylation sites (tertiary alicyclic amines) is 1. The van der Waals surface area contributed by atoms with Crippen molar-refractivity contribution in [1.82, 2.24) is 9.91 Å². The lowest BCUT2D eigenvalue weighted by atomic mass is 9.97. The average molecular weight is 200 g/mol. The van der Waals surface area contributed by atoms with Crippen molar-refractivity contribution in [3.8, 4) is 0 Å². The van der Waals surface area contributed by atoms with E-state index in [1.54, 1.807) is 5.01 Å². The summed E-state index contributed by atoms with van der Waals surface area (Å²) in [4.78, 5) is 2.05. The molecule has 84 valence electrons. The lowest BCUT2D eigenvalue weighted by Crippen LogP contribution is -2.38. The van der Waals surface area contributed by atoms with Crippen LogP contribution in [0.15, 0.2) is 0 Å². The number of piperidine rings is 1. The van der Waals surface area contributed by atoms with Crippen LogP contribution in [0, 0.1) is 11.3 Å². The largest absolute Gasteiger partial charge is 0.363 e. The van der Waals surface area contributed by atoms with Gasteiger partial charge >= 0.3 is 0 Å². The summed E-state index contributed by atoms with van der Waals surface area (Å²) >= 11 is 0. The molecule has 3 N–H and O–H groups in total. The lowest BCUT2D eigenvalue weighted by Gasteiger charge is -2.31. The normalized spacial score (nSPS) is 17.6. The third-order valence-electron chi connectivity index (χ3n) is 2.38. The Morgan fingerprint density at radius 3 is 2.29 bits per heavy atom. The second kappa shape index (κ2) is 7.76. The van der Waals surface area contributed by atoms with E-state index in [1.165, 1.54) is 6.34 Å². The minimum atomic E-state index is 0.719. The summed E-state index contributed by atoms with van der Waals surface area (Å²) in [5, 5.41) is 8.83. The van der Waals surface area contributed by atoms with Crippen LogP contribution >= 0.6 is 0 Å². The molecular weight excluding hydrogens is 176 g/mol. The van der Waals surface area contributed by atoms with Crippen molar-refractivity contribution in [2.45, 2.75) is 26.7 Å². The monoisotopic (exact) mass is 200 g/mol. The van der Waals surface area contributed by atoms with Gasteiger partial charge in [-0.15, -0.1) is 0 Å². The molecule has 0 radical (unpaired) electrons. The highest BCUT2D eigenvalue weighted by atomic mass is 15.4. The Hall–Kier alpha value is -0.610.